The first kappa shape index (κ1) is 24.4. The van der Waals surface area contributed by atoms with Crippen molar-refractivity contribution in [2.24, 2.45) is 5.10 Å². The molecule has 1 amide bonds. The quantitative estimate of drug-likeness (QED) is 0.283. The Labute approximate surface area is 196 Å². The summed E-state index contributed by atoms with van der Waals surface area (Å²) in [7, 11) is -2.62. The number of anilines is 1. The molecule has 0 radical (unpaired) electrons. The number of rotatable bonds is 9. The van der Waals surface area contributed by atoms with Crippen LogP contribution in [0, 0.1) is 10.1 Å². The van der Waals surface area contributed by atoms with E-state index in [4.69, 9.17) is 4.74 Å². The van der Waals surface area contributed by atoms with E-state index in [0.717, 1.165) is 4.31 Å². The van der Waals surface area contributed by atoms with Crippen LogP contribution in [0.15, 0.2) is 88.9 Å². The fourth-order valence-corrected chi connectivity index (χ4v) is 4.44. The topological polar surface area (TPSA) is 131 Å². The molecule has 0 aromatic heterocycles. The molecule has 0 aliphatic carbocycles. The number of nitrogens with zero attached hydrogens (tertiary/aromatic N) is 3. The lowest BCUT2D eigenvalue weighted by Gasteiger charge is -2.24. The molecule has 0 saturated carbocycles. The molecule has 0 atom stereocenters. The second kappa shape index (κ2) is 10.6. The van der Waals surface area contributed by atoms with Crippen LogP contribution in [0.2, 0.25) is 0 Å². The van der Waals surface area contributed by atoms with Gasteiger partial charge in [0.15, 0.2) is 0 Å². The summed E-state index contributed by atoms with van der Waals surface area (Å²) in [5.41, 5.74) is 3.48. The van der Waals surface area contributed by atoms with E-state index in [-0.39, 0.29) is 16.3 Å². The Morgan fingerprint density at radius 2 is 1.74 bits per heavy atom. The number of carbonyl (C=O) groups is 1. The van der Waals surface area contributed by atoms with Gasteiger partial charge in [-0.25, -0.2) is 13.8 Å². The summed E-state index contributed by atoms with van der Waals surface area (Å²) in [5.74, 6) is -0.248. The molecular weight excluding hydrogens is 460 g/mol. The SMILES string of the molecule is COc1cccc(N(CC(=O)N/N=C(/C)c2ccc([N+](=O)[O-])cc2)S(=O)(=O)c2ccccc2)c1. The normalized spacial score (nSPS) is 11.5. The molecule has 0 bridgehead atoms. The van der Waals surface area contributed by atoms with Gasteiger partial charge in [-0.1, -0.05) is 24.3 Å². The largest absolute Gasteiger partial charge is 0.497 e. The van der Waals surface area contributed by atoms with Crippen LogP contribution in [0.3, 0.4) is 0 Å². The third kappa shape index (κ3) is 5.75. The van der Waals surface area contributed by atoms with Gasteiger partial charge in [0.25, 0.3) is 21.6 Å². The predicted molar refractivity (Wildman–Crippen MR) is 127 cm³/mol. The Morgan fingerprint density at radius 1 is 1.06 bits per heavy atom. The molecule has 1 N–H and O–H groups in total. The fourth-order valence-electron chi connectivity index (χ4n) is 3.00. The Bertz CT molecular complexity index is 1310. The van der Waals surface area contributed by atoms with E-state index < -0.39 is 27.4 Å². The average molecular weight is 483 g/mol. The van der Waals surface area contributed by atoms with Gasteiger partial charge in [0.05, 0.1) is 28.3 Å². The van der Waals surface area contributed by atoms with Crippen LogP contribution >= 0.6 is 0 Å². The Kier molecular flexibility index (Phi) is 7.59. The van der Waals surface area contributed by atoms with Crippen molar-refractivity contribution in [2.75, 3.05) is 18.0 Å². The van der Waals surface area contributed by atoms with Crippen molar-refractivity contribution in [1.82, 2.24) is 5.43 Å². The van der Waals surface area contributed by atoms with E-state index in [2.05, 4.69) is 10.5 Å². The van der Waals surface area contributed by atoms with Crippen LogP contribution in [0.5, 0.6) is 5.75 Å². The lowest BCUT2D eigenvalue weighted by atomic mass is 10.1. The number of sulfonamides is 1. The van der Waals surface area contributed by atoms with Gasteiger partial charge < -0.3 is 4.74 Å². The van der Waals surface area contributed by atoms with E-state index in [9.17, 15) is 23.3 Å². The number of carbonyl (C=O) groups excluding carboxylic acids is 1. The number of hydrogen-bond donors (Lipinski definition) is 1. The van der Waals surface area contributed by atoms with Crippen molar-refractivity contribution in [3.8, 4) is 5.75 Å². The first-order valence-corrected chi connectivity index (χ1v) is 11.5. The van der Waals surface area contributed by atoms with Crippen LogP contribution in [0.4, 0.5) is 11.4 Å². The number of hydrazone groups is 1. The van der Waals surface area contributed by atoms with E-state index >= 15 is 0 Å². The summed E-state index contributed by atoms with van der Waals surface area (Å²) in [6.07, 6.45) is 0. The first-order chi connectivity index (χ1) is 16.2. The van der Waals surface area contributed by atoms with Gasteiger partial charge in [-0.15, -0.1) is 0 Å². The second-order valence-electron chi connectivity index (χ2n) is 7.06. The number of hydrogen-bond acceptors (Lipinski definition) is 7. The summed E-state index contributed by atoms with van der Waals surface area (Å²) in [6, 6.07) is 19.8. The summed E-state index contributed by atoms with van der Waals surface area (Å²) >= 11 is 0. The molecule has 11 heteroatoms. The number of ether oxygens (including phenoxy) is 1. The molecule has 3 rings (SSSR count). The lowest BCUT2D eigenvalue weighted by Crippen LogP contribution is -2.39. The number of nitro groups is 1. The Hall–Kier alpha value is -4.25. The van der Waals surface area contributed by atoms with Crippen LogP contribution in [-0.4, -0.2) is 38.6 Å². The fraction of sp³-hybridized carbons (Fsp3) is 0.130. The molecule has 10 nitrogen and oxygen atoms in total. The highest BCUT2D eigenvalue weighted by atomic mass is 32.2. The maximum Gasteiger partial charge on any atom is 0.269 e. The molecule has 34 heavy (non-hydrogen) atoms. The van der Waals surface area contributed by atoms with Crippen molar-refractivity contribution in [3.05, 3.63) is 94.5 Å². The Balaban J connectivity index is 1.85. The number of methoxy groups -OCH3 is 1. The third-order valence-corrected chi connectivity index (χ3v) is 6.59. The van der Waals surface area contributed by atoms with Gasteiger partial charge in [-0.05, 0) is 48.9 Å². The monoisotopic (exact) mass is 482 g/mol. The molecular formula is C23H22N4O6S. The predicted octanol–water partition coefficient (Wildman–Crippen LogP) is 3.34. The standard InChI is InChI=1S/C23H22N4O6S/c1-17(18-11-13-19(14-12-18)27(29)30)24-25-23(28)16-26(20-7-6-8-21(15-20)33-2)34(31,32)22-9-4-3-5-10-22/h3-15H,16H2,1-2H3,(H,25,28)/b24-17-. The van der Waals surface area contributed by atoms with E-state index in [1.807, 2.05) is 0 Å². The minimum absolute atomic E-state index is 0.0242. The van der Waals surface area contributed by atoms with Gasteiger partial charge in [0.1, 0.15) is 12.3 Å². The lowest BCUT2D eigenvalue weighted by molar-refractivity contribution is -0.384. The molecule has 0 unspecified atom stereocenters. The molecule has 3 aromatic rings. The average Bonchev–Trinajstić information content (AvgIpc) is 2.86. The van der Waals surface area contributed by atoms with Crippen LogP contribution in [0.25, 0.3) is 0 Å². The van der Waals surface area contributed by atoms with E-state index in [0.29, 0.717) is 17.0 Å². The van der Waals surface area contributed by atoms with Gasteiger partial charge in [-0.2, -0.15) is 5.10 Å². The number of nitro benzene ring substituents is 1. The summed E-state index contributed by atoms with van der Waals surface area (Å²) < 4.78 is 32.8. The van der Waals surface area contributed by atoms with Crippen molar-refractivity contribution in [3.63, 3.8) is 0 Å². The molecule has 176 valence electrons. The minimum Gasteiger partial charge on any atom is -0.497 e. The van der Waals surface area contributed by atoms with E-state index in [1.54, 1.807) is 43.3 Å². The molecule has 0 saturated heterocycles. The molecule has 3 aromatic carbocycles. The maximum atomic E-state index is 13.3. The molecule has 0 spiro atoms. The van der Waals surface area contributed by atoms with Crippen molar-refractivity contribution in [1.29, 1.82) is 0 Å². The number of non-ortho nitro benzene ring substituents is 1. The van der Waals surface area contributed by atoms with Gasteiger partial charge in [0.2, 0.25) is 0 Å². The van der Waals surface area contributed by atoms with Crippen molar-refractivity contribution in [2.45, 2.75) is 11.8 Å². The number of nitrogens with one attached hydrogen (secondary N) is 1. The van der Waals surface area contributed by atoms with Crippen molar-refractivity contribution < 1.29 is 22.9 Å². The van der Waals surface area contributed by atoms with Crippen molar-refractivity contribution >= 4 is 33.0 Å². The van der Waals surface area contributed by atoms with Gasteiger partial charge in [-0.3, -0.25) is 19.2 Å². The second-order valence-corrected chi connectivity index (χ2v) is 8.92. The summed E-state index contributed by atoms with van der Waals surface area (Å²) in [6.45, 7) is 1.07. The number of amides is 1. The zero-order valence-corrected chi connectivity index (χ0v) is 19.2. The van der Waals surface area contributed by atoms with E-state index in [1.165, 1.54) is 49.6 Å². The maximum absolute atomic E-state index is 13.3. The van der Waals surface area contributed by atoms with Gasteiger partial charge in [0, 0.05) is 18.2 Å². The smallest absolute Gasteiger partial charge is 0.269 e. The molecule has 0 aliphatic rings. The first-order valence-electron chi connectivity index (χ1n) is 10.0. The zero-order chi connectivity index (χ0) is 24.7. The summed E-state index contributed by atoms with van der Waals surface area (Å²) in [5, 5.41) is 14.8. The molecule has 0 aliphatic heterocycles. The highest BCUT2D eigenvalue weighted by Gasteiger charge is 2.27. The molecule has 0 fully saturated rings. The third-order valence-electron chi connectivity index (χ3n) is 4.80. The van der Waals surface area contributed by atoms with Crippen LogP contribution < -0.4 is 14.5 Å². The summed E-state index contributed by atoms with van der Waals surface area (Å²) in [4.78, 5) is 23.0. The van der Waals surface area contributed by atoms with Crippen LogP contribution in [-0.2, 0) is 14.8 Å². The van der Waals surface area contributed by atoms with Gasteiger partial charge >= 0.3 is 0 Å². The van der Waals surface area contributed by atoms with Crippen LogP contribution in [0.1, 0.15) is 12.5 Å². The minimum atomic E-state index is -4.07. The highest BCUT2D eigenvalue weighted by Crippen LogP contribution is 2.26. The zero-order valence-electron chi connectivity index (χ0n) is 18.4. The highest BCUT2D eigenvalue weighted by molar-refractivity contribution is 7.92. The number of benzene rings is 3. The molecule has 0 heterocycles. The Morgan fingerprint density at radius 3 is 2.35 bits per heavy atom.